The summed E-state index contributed by atoms with van der Waals surface area (Å²) in [5.74, 6) is 0.707. The molecule has 1 aromatic heterocycles. The summed E-state index contributed by atoms with van der Waals surface area (Å²) >= 11 is 1.46. The topological polar surface area (TPSA) is 51.2 Å². The number of nitrogens with zero attached hydrogens (tertiary/aromatic N) is 1. The molecular formula is C20H20N2O2S. The highest BCUT2D eigenvalue weighted by molar-refractivity contribution is 8.00. The average Bonchev–Trinajstić information content (AvgIpc) is 2.62. The maximum absolute atomic E-state index is 12.4. The molecule has 0 aliphatic rings. The van der Waals surface area contributed by atoms with Gasteiger partial charge in [-0.05, 0) is 55.8 Å². The number of hydrogen-bond acceptors (Lipinski definition) is 4. The van der Waals surface area contributed by atoms with Crippen LogP contribution in [0.3, 0.4) is 0 Å². The molecule has 1 unspecified atom stereocenters. The van der Waals surface area contributed by atoms with Gasteiger partial charge >= 0.3 is 0 Å². The zero-order valence-electron chi connectivity index (χ0n) is 14.4. The summed E-state index contributed by atoms with van der Waals surface area (Å²) in [6.07, 6.45) is 0. The van der Waals surface area contributed by atoms with E-state index in [1.165, 1.54) is 11.8 Å². The molecule has 5 heteroatoms. The van der Waals surface area contributed by atoms with Crippen molar-refractivity contribution in [2.45, 2.75) is 24.1 Å². The Kier molecular flexibility index (Phi) is 5.24. The van der Waals surface area contributed by atoms with Gasteiger partial charge in [-0.15, -0.1) is 0 Å². The fourth-order valence-corrected chi connectivity index (χ4v) is 3.46. The third-order valence-electron chi connectivity index (χ3n) is 3.92. The molecule has 128 valence electrons. The molecule has 0 aliphatic heterocycles. The summed E-state index contributed by atoms with van der Waals surface area (Å²) < 4.78 is 5.12. The van der Waals surface area contributed by atoms with Gasteiger partial charge in [0.25, 0.3) is 0 Å². The van der Waals surface area contributed by atoms with Gasteiger partial charge in [0, 0.05) is 11.1 Å². The van der Waals surface area contributed by atoms with E-state index in [2.05, 4.69) is 23.3 Å². The van der Waals surface area contributed by atoms with E-state index in [-0.39, 0.29) is 11.2 Å². The predicted molar refractivity (Wildman–Crippen MR) is 103 cm³/mol. The Hall–Kier alpha value is -2.53. The van der Waals surface area contributed by atoms with Crippen LogP contribution in [0.4, 0.5) is 5.69 Å². The number of rotatable bonds is 5. The Morgan fingerprint density at radius 3 is 2.60 bits per heavy atom. The van der Waals surface area contributed by atoms with E-state index in [9.17, 15) is 4.79 Å². The number of para-hydroxylation sites is 1. The molecule has 0 bridgehead atoms. The lowest BCUT2D eigenvalue weighted by atomic mass is 10.1. The van der Waals surface area contributed by atoms with Crippen molar-refractivity contribution in [1.29, 1.82) is 0 Å². The van der Waals surface area contributed by atoms with Crippen molar-refractivity contribution in [3.8, 4) is 5.75 Å². The molecule has 0 fully saturated rings. The second-order valence-corrected chi connectivity index (χ2v) is 7.13. The molecule has 0 spiro atoms. The number of ether oxygens (including phenoxy) is 1. The van der Waals surface area contributed by atoms with Crippen molar-refractivity contribution in [3.63, 3.8) is 0 Å². The second kappa shape index (κ2) is 7.57. The number of methoxy groups -OCH3 is 1. The maximum atomic E-state index is 12.4. The first-order chi connectivity index (χ1) is 12.1. The number of aryl methyl sites for hydroxylation is 1. The highest BCUT2D eigenvalue weighted by atomic mass is 32.2. The van der Waals surface area contributed by atoms with Crippen molar-refractivity contribution >= 4 is 34.3 Å². The van der Waals surface area contributed by atoms with Crippen LogP contribution in [-0.2, 0) is 4.79 Å². The first kappa shape index (κ1) is 17.3. The van der Waals surface area contributed by atoms with Crippen molar-refractivity contribution in [3.05, 3.63) is 60.2 Å². The van der Waals surface area contributed by atoms with Crippen molar-refractivity contribution < 1.29 is 9.53 Å². The summed E-state index contributed by atoms with van der Waals surface area (Å²) in [5.41, 5.74) is 2.87. The molecule has 0 saturated carbocycles. The van der Waals surface area contributed by atoms with Crippen molar-refractivity contribution in [2.75, 3.05) is 12.4 Å². The number of fused-ring (bicyclic) bond motifs is 1. The Morgan fingerprint density at radius 1 is 1.16 bits per heavy atom. The van der Waals surface area contributed by atoms with Gasteiger partial charge in [0.05, 0.1) is 22.9 Å². The highest BCUT2D eigenvalue weighted by Crippen LogP contribution is 2.27. The summed E-state index contributed by atoms with van der Waals surface area (Å²) in [6, 6.07) is 17.4. The van der Waals surface area contributed by atoms with Gasteiger partial charge in [-0.2, -0.15) is 0 Å². The smallest absolute Gasteiger partial charge is 0.237 e. The van der Waals surface area contributed by atoms with E-state index in [0.29, 0.717) is 0 Å². The van der Waals surface area contributed by atoms with Gasteiger partial charge in [-0.25, -0.2) is 4.98 Å². The van der Waals surface area contributed by atoms with Crippen LogP contribution in [-0.4, -0.2) is 23.3 Å². The Bertz CT molecular complexity index is 894. The lowest BCUT2D eigenvalue weighted by molar-refractivity contribution is -0.115. The first-order valence-corrected chi connectivity index (χ1v) is 8.93. The molecule has 1 heterocycles. The van der Waals surface area contributed by atoms with Crippen LogP contribution >= 0.6 is 11.8 Å². The fourth-order valence-electron chi connectivity index (χ4n) is 2.53. The number of pyridine rings is 1. The van der Waals surface area contributed by atoms with E-state index < -0.39 is 0 Å². The Labute approximate surface area is 151 Å². The number of amides is 1. The van der Waals surface area contributed by atoms with Crippen molar-refractivity contribution in [2.24, 2.45) is 0 Å². The van der Waals surface area contributed by atoms with Gasteiger partial charge in [-0.3, -0.25) is 4.79 Å². The highest BCUT2D eigenvalue weighted by Gasteiger charge is 2.16. The van der Waals surface area contributed by atoms with Gasteiger partial charge in [0.2, 0.25) is 5.91 Å². The lowest BCUT2D eigenvalue weighted by Crippen LogP contribution is -2.22. The van der Waals surface area contributed by atoms with Gasteiger partial charge in [0.1, 0.15) is 5.75 Å². The fraction of sp³-hybridized carbons (Fsp3) is 0.200. The van der Waals surface area contributed by atoms with Crippen LogP contribution in [0, 0.1) is 6.92 Å². The lowest BCUT2D eigenvalue weighted by Gasteiger charge is -2.13. The molecule has 1 atom stereocenters. The van der Waals surface area contributed by atoms with Crippen LogP contribution in [0.1, 0.15) is 12.5 Å². The average molecular weight is 352 g/mol. The normalized spacial score (nSPS) is 12.0. The number of aromatic nitrogens is 1. The van der Waals surface area contributed by atoms with Crippen LogP contribution in [0.2, 0.25) is 0 Å². The standard InChI is InChI=1S/C20H20N2O2S/c1-13-12-19(22-18-7-5-4-6-17(13)18)25-14(2)20(23)21-15-8-10-16(24-3)11-9-15/h4-12,14H,1-3H3,(H,21,23). The summed E-state index contributed by atoms with van der Waals surface area (Å²) in [6.45, 7) is 3.95. The predicted octanol–water partition coefficient (Wildman–Crippen LogP) is 4.67. The molecule has 25 heavy (non-hydrogen) atoms. The summed E-state index contributed by atoms with van der Waals surface area (Å²) in [5, 5.41) is 4.66. The largest absolute Gasteiger partial charge is 0.497 e. The third-order valence-corrected chi connectivity index (χ3v) is 4.94. The SMILES string of the molecule is COc1ccc(NC(=O)C(C)Sc2cc(C)c3ccccc3n2)cc1. The molecule has 0 aliphatic carbocycles. The molecule has 4 nitrogen and oxygen atoms in total. The van der Waals surface area contributed by atoms with Gasteiger partial charge < -0.3 is 10.1 Å². The minimum atomic E-state index is -0.254. The summed E-state index contributed by atoms with van der Waals surface area (Å²) in [4.78, 5) is 17.1. The molecule has 2 aromatic carbocycles. The zero-order chi connectivity index (χ0) is 17.8. The zero-order valence-corrected chi connectivity index (χ0v) is 15.3. The number of carbonyl (C=O) groups excluding carboxylic acids is 1. The number of carbonyl (C=O) groups is 1. The molecule has 0 radical (unpaired) electrons. The monoisotopic (exact) mass is 352 g/mol. The van der Waals surface area contributed by atoms with E-state index in [0.717, 1.165) is 32.9 Å². The summed E-state index contributed by atoms with van der Waals surface area (Å²) in [7, 11) is 1.62. The Balaban J connectivity index is 1.70. The Morgan fingerprint density at radius 2 is 1.88 bits per heavy atom. The van der Waals surface area contributed by atoms with E-state index in [1.807, 2.05) is 55.5 Å². The maximum Gasteiger partial charge on any atom is 0.237 e. The molecule has 1 amide bonds. The number of anilines is 1. The molecule has 3 rings (SSSR count). The van der Waals surface area contributed by atoms with Gasteiger partial charge in [-0.1, -0.05) is 30.0 Å². The molecule has 3 aromatic rings. The first-order valence-electron chi connectivity index (χ1n) is 8.05. The van der Waals surface area contributed by atoms with E-state index in [4.69, 9.17) is 4.74 Å². The number of benzene rings is 2. The number of thioether (sulfide) groups is 1. The molecule has 1 N–H and O–H groups in total. The third kappa shape index (κ3) is 4.12. The van der Waals surface area contributed by atoms with Crippen LogP contribution in [0.25, 0.3) is 10.9 Å². The quantitative estimate of drug-likeness (QED) is 0.678. The van der Waals surface area contributed by atoms with Crippen LogP contribution in [0.15, 0.2) is 59.6 Å². The van der Waals surface area contributed by atoms with E-state index >= 15 is 0 Å². The second-order valence-electron chi connectivity index (χ2n) is 5.77. The van der Waals surface area contributed by atoms with Crippen LogP contribution < -0.4 is 10.1 Å². The molecule has 0 saturated heterocycles. The minimum Gasteiger partial charge on any atom is -0.497 e. The molecular weight excluding hydrogens is 332 g/mol. The van der Waals surface area contributed by atoms with Crippen LogP contribution in [0.5, 0.6) is 5.75 Å². The number of nitrogens with one attached hydrogen (secondary N) is 1. The minimum absolute atomic E-state index is 0.0530. The van der Waals surface area contributed by atoms with Gasteiger partial charge in [0.15, 0.2) is 0 Å². The number of hydrogen-bond donors (Lipinski definition) is 1. The van der Waals surface area contributed by atoms with E-state index in [1.54, 1.807) is 7.11 Å². The van der Waals surface area contributed by atoms with Crippen molar-refractivity contribution in [1.82, 2.24) is 4.98 Å².